The Labute approximate surface area is 144 Å². The molecule has 5 nitrogen and oxygen atoms in total. The standard InChI is InChI=1S/C18H18N2O3S/c21-16(13-9-19-17(24-13)18-22-7-8-23-18)20-15-12-6-5-10-3-1-2-4-11(10)14(12)15/h1-4,9,12,14-15,18H,5-8H2,(H,20,21). The number of nitrogens with zero attached hydrogens (tertiary/aromatic N) is 1. The lowest BCUT2D eigenvalue weighted by Gasteiger charge is -2.13. The summed E-state index contributed by atoms with van der Waals surface area (Å²) in [6.45, 7) is 1.16. The number of hydrogen-bond donors (Lipinski definition) is 1. The predicted molar refractivity (Wildman–Crippen MR) is 89.0 cm³/mol. The molecule has 3 unspecified atom stereocenters. The smallest absolute Gasteiger partial charge is 0.263 e. The molecular weight excluding hydrogens is 324 g/mol. The zero-order valence-corrected chi connectivity index (χ0v) is 13.9. The van der Waals surface area contributed by atoms with Crippen molar-refractivity contribution in [1.82, 2.24) is 10.3 Å². The minimum Gasteiger partial charge on any atom is -0.348 e. The molecule has 1 N–H and O–H groups in total. The van der Waals surface area contributed by atoms with Crippen molar-refractivity contribution in [3.8, 4) is 0 Å². The summed E-state index contributed by atoms with van der Waals surface area (Å²) < 4.78 is 10.9. The van der Waals surface area contributed by atoms with Crippen molar-refractivity contribution in [2.75, 3.05) is 13.2 Å². The van der Waals surface area contributed by atoms with Gasteiger partial charge in [0.05, 0.1) is 19.4 Å². The van der Waals surface area contributed by atoms with Gasteiger partial charge in [-0.05, 0) is 29.9 Å². The SMILES string of the molecule is O=C(NC1C2CCc3ccccc3C21)c1cnc(C2OCCO2)s1. The minimum atomic E-state index is -0.410. The Hall–Kier alpha value is -1.76. The summed E-state index contributed by atoms with van der Waals surface area (Å²) in [6, 6.07) is 8.86. The third kappa shape index (κ3) is 2.37. The first kappa shape index (κ1) is 14.6. The molecule has 1 aromatic heterocycles. The van der Waals surface area contributed by atoms with E-state index in [-0.39, 0.29) is 11.9 Å². The molecule has 3 aliphatic rings. The quantitative estimate of drug-likeness (QED) is 0.932. The number of benzene rings is 1. The van der Waals surface area contributed by atoms with Gasteiger partial charge in [-0.15, -0.1) is 11.3 Å². The number of ether oxygens (including phenoxy) is 2. The number of carbonyl (C=O) groups excluding carboxylic acids is 1. The number of carbonyl (C=O) groups is 1. The zero-order valence-electron chi connectivity index (χ0n) is 13.1. The number of fused-ring (bicyclic) bond motifs is 3. The fourth-order valence-electron chi connectivity index (χ4n) is 3.99. The highest BCUT2D eigenvalue weighted by Crippen LogP contribution is 2.54. The Bertz CT molecular complexity index is 784. The largest absolute Gasteiger partial charge is 0.348 e. The maximum Gasteiger partial charge on any atom is 0.263 e. The van der Waals surface area contributed by atoms with Crippen LogP contribution in [0.1, 0.15) is 44.4 Å². The zero-order chi connectivity index (χ0) is 16.1. The number of thiazole rings is 1. The Balaban J connectivity index is 1.29. The van der Waals surface area contributed by atoms with Gasteiger partial charge in [0.1, 0.15) is 9.88 Å². The van der Waals surface area contributed by atoms with Crippen molar-refractivity contribution in [2.45, 2.75) is 31.1 Å². The highest BCUT2D eigenvalue weighted by molar-refractivity contribution is 7.13. The summed E-state index contributed by atoms with van der Waals surface area (Å²) in [6.07, 6.45) is 3.49. The van der Waals surface area contributed by atoms with Crippen LogP contribution in [0, 0.1) is 5.92 Å². The van der Waals surface area contributed by atoms with E-state index in [1.807, 2.05) is 0 Å². The molecule has 1 amide bonds. The van der Waals surface area contributed by atoms with Crippen molar-refractivity contribution in [1.29, 1.82) is 0 Å². The summed E-state index contributed by atoms with van der Waals surface area (Å²) in [4.78, 5) is 17.5. The first-order valence-electron chi connectivity index (χ1n) is 8.39. The third-order valence-electron chi connectivity index (χ3n) is 5.20. The van der Waals surface area contributed by atoms with Crippen molar-refractivity contribution >= 4 is 17.2 Å². The fourth-order valence-corrected chi connectivity index (χ4v) is 4.81. The maximum absolute atomic E-state index is 12.6. The molecule has 24 heavy (non-hydrogen) atoms. The average molecular weight is 342 g/mol. The van der Waals surface area contributed by atoms with Crippen LogP contribution in [0.3, 0.4) is 0 Å². The monoisotopic (exact) mass is 342 g/mol. The normalized spacial score (nSPS) is 28.2. The molecule has 2 aliphatic carbocycles. The van der Waals surface area contributed by atoms with Crippen LogP contribution < -0.4 is 5.32 Å². The molecule has 5 rings (SSSR count). The van der Waals surface area contributed by atoms with E-state index in [1.54, 1.807) is 6.20 Å². The molecule has 2 heterocycles. The highest BCUT2D eigenvalue weighted by atomic mass is 32.1. The number of aryl methyl sites for hydroxylation is 1. The molecule has 0 bridgehead atoms. The van der Waals surface area contributed by atoms with Gasteiger partial charge in [-0.2, -0.15) is 0 Å². The van der Waals surface area contributed by atoms with E-state index in [9.17, 15) is 4.79 Å². The highest BCUT2D eigenvalue weighted by Gasteiger charge is 2.53. The molecule has 1 saturated heterocycles. The number of rotatable bonds is 3. The lowest BCUT2D eigenvalue weighted by Crippen LogP contribution is -2.26. The van der Waals surface area contributed by atoms with Gasteiger partial charge in [0, 0.05) is 12.0 Å². The van der Waals surface area contributed by atoms with Gasteiger partial charge in [0.2, 0.25) is 6.29 Å². The van der Waals surface area contributed by atoms with Crippen molar-refractivity contribution in [3.05, 3.63) is 51.5 Å². The van der Waals surface area contributed by atoms with Crippen LogP contribution in [0.2, 0.25) is 0 Å². The van der Waals surface area contributed by atoms with Gasteiger partial charge >= 0.3 is 0 Å². The molecule has 0 radical (unpaired) electrons. The molecule has 2 fully saturated rings. The number of amides is 1. The second-order valence-electron chi connectivity index (χ2n) is 6.56. The fraction of sp³-hybridized carbons (Fsp3) is 0.444. The topological polar surface area (TPSA) is 60.5 Å². The van der Waals surface area contributed by atoms with Gasteiger partial charge in [0.25, 0.3) is 5.91 Å². The molecule has 2 aromatic rings. The average Bonchev–Trinajstić information content (AvgIpc) is 3.04. The van der Waals surface area contributed by atoms with E-state index in [0.29, 0.717) is 29.9 Å². The van der Waals surface area contributed by atoms with Gasteiger partial charge in [0.15, 0.2) is 0 Å². The van der Waals surface area contributed by atoms with Gasteiger partial charge in [-0.3, -0.25) is 4.79 Å². The van der Waals surface area contributed by atoms with Gasteiger partial charge < -0.3 is 14.8 Å². The van der Waals surface area contributed by atoms with Crippen LogP contribution in [0.5, 0.6) is 0 Å². The van der Waals surface area contributed by atoms with E-state index in [0.717, 1.165) is 17.8 Å². The summed E-state index contributed by atoms with van der Waals surface area (Å²) in [5.41, 5.74) is 2.85. The Morgan fingerprint density at radius 1 is 1.25 bits per heavy atom. The van der Waals surface area contributed by atoms with E-state index >= 15 is 0 Å². The molecular formula is C18H18N2O3S. The molecule has 1 saturated carbocycles. The Morgan fingerprint density at radius 3 is 2.96 bits per heavy atom. The molecule has 124 valence electrons. The molecule has 6 heteroatoms. The lowest BCUT2D eigenvalue weighted by molar-refractivity contribution is -0.0442. The summed E-state index contributed by atoms with van der Waals surface area (Å²) >= 11 is 1.35. The van der Waals surface area contributed by atoms with E-state index < -0.39 is 6.29 Å². The van der Waals surface area contributed by atoms with Crippen LogP contribution in [-0.4, -0.2) is 30.1 Å². The van der Waals surface area contributed by atoms with E-state index in [4.69, 9.17) is 9.47 Å². The Morgan fingerprint density at radius 2 is 2.08 bits per heavy atom. The van der Waals surface area contributed by atoms with Crippen LogP contribution in [0.25, 0.3) is 0 Å². The summed E-state index contributed by atoms with van der Waals surface area (Å²) in [5, 5.41) is 3.93. The summed E-state index contributed by atoms with van der Waals surface area (Å²) in [7, 11) is 0. The molecule has 0 spiro atoms. The second-order valence-corrected chi connectivity index (χ2v) is 7.62. The van der Waals surface area contributed by atoms with Crippen LogP contribution >= 0.6 is 11.3 Å². The van der Waals surface area contributed by atoms with Gasteiger partial charge in [-0.25, -0.2) is 4.98 Å². The lowest BCUT2D eigenvalue weighted by atomic mass is 9.92. The number of hydrogen-bond acceptors (Lipinski definition) is 5. The number of aromatic nitrogens is 1. The predicted octanol–water partition coefficient (Wildman–Crippen LogP) is 2.65. The first-order chi connectivity index (χ1) is 11.8. The summed E-state index contributed by atoms with van der Waals surface area (Å²) in [5.74, 6) is 1.03. The minimum absolute atomic E-state index is 0.0337. The van der Waals surface area contributed by atoms with E-state index in [2.05, 4.69) is 34.6 Å². The van der Waals surface area contributed by atoms with Crippen LogP contribution in [0.4, 0.5) is 0 Å². The molecule has 1 aliphatic heterocycles. The third-order valence-corrected chi connectivity index (χ3v) is 6.22. The van der Waals surface area contributed by atoms with Gasteiger partial charge in [-0.1, -0.05) is 24.3 Å². The molecule has 1 aromatic carbocycles. The Kier molecular flexibility index (Phi) is 3.43. The van der Waals surface area contributed by atoms with E-state index in [1.165, 1.54) is 22.5 Å². The van der Waals surface area contributed by atoms with Crippen molar-refractivity contribution in [2.24, 2.45) is 5.92 Å². The van der Waals surface area contributed by atoms with Crippen LogP contribution in [0.15, 0.2) is 30.5 Å². The first-order valence-corrected chi connectivity index (χ1v) is 9.20. The second kappa shape index (κ2) is 5.65. The van der Waals surface area contributed by atoms with Crippen molar-refractivity contribution in [3.63, 3.8) is 0 Å². The maximum atomic E-state index is 12.6. The molecule has 3 atom stereocenters. The van der Waals surface area contributed by atoms with Crippen molar-refractivity contribution < 1.29 is 14.3 Å². The van der Waals surface area contributed by atoms with Crippen LogP contribution in [-0.2, 0) is 15.9 Å². The number of nitrogens with one attached hydrogen (secondary N) is 1.